The highest BCUT2D eigenvalue weighted by molar-refractivity contribution is 14.0. The molecular formula is C17H28IN3O2. The molecule has 2 rings (SSSR count). The van der Waals surface area contributed by atoms with Crippen molar-refractivity contribution >= 4 is 29.9 Å². The quantitative estimate of drug-likeness (QED) is 0.412. The number of rotatable bonds is 6. The lowest BCUT2D eigenvalue weighted by Gasteiger charge is -2.24. The highest BCUT2D eigenvalue weighted by Gasteiger charge is 2.29. The molecule has 0 radical (unpaired) electrons. The molecule has 130 valence electrons. The maximum Gasteiger partial charge on any atom is 0.191 e. The molecule has 1 heterocycles. The van der Waals surface area contributed by atoms with Crippen LogP contribution in [0.25, 0.3) is 0 Å². The van der Waals surface area contributed by atoms with Gasteiger partial charge in [-0.05, 0) is 32.8 Å². The van der Waals surface area contributed by atoms with Gasteiger partial charge >= 0.3 is 0 Å². The maximum absolute atomic E-state index is 5.78. The summed E-state index contributed by atoms with van der Waals surface area (Å²) in [6.45, 7) is 7.09. The van der Waals surface area contributed by atoms with Gasteiger partial charge in [-0.3, -0.25) is 4.99 Å². The van der Waals surface area contributed by atoms with E-state index in [9.17, 15) is 0 Å². The van der Waals surface area contributed by atoms with Crippen molar-refractivity contribution in [3.8, 4) is 5.75 Å². The van der Waals surface area contributed by atoms with Gasteiger partial charge in [0.05, 0.1) is 12.2 Å². The smallest absolute Gasteiger partial charge is 0.191 e. The summed E-state index contributed by atoms with van der Waals surface area (Å²) < 4.78 is 11.4. The van der Waals surface area contributed by atoms with Crippen LogP contribution in [0.5, 0.6) is 5.75 Å². The summed E-state index contributed by atoms with van der Waals surface area (Å²) in [5.41, 5.74) is 1.04. The first-order valence-corrected chi connectivity index (χ1v) is 7.96. The molecule has 1 saturated heterocycles. The van der Waals surface area contributed by atoms with Gasteiger partial charge in [-0.2, -0.15) is 0 Å². The molecule has 0 spiro atoms. The molecule has 1 aromatic carbocycles. The third kappa shape index (κ3) is 6.18. The molecule has 1 fully saturated rings. The summed E-state index contributed by atoms with van der Waals surface area (Å²) in [7, 11) is 1.78. The van der Waals surface area contributed by atoms with Crippen LogP contribution in [-0.4, -0.2) is 38.4 Å². The van der Waals surface area contributed by atoms with Crippen molar-refractivity contribution in [2.24, 2.45) is 4.99 Å². The Balaban J connectivity index is 0.00000264. The normalized spacial score (nSPS) is 20.7. The van der Waals surface area contributed by atoms with Crippen LogP contribution >= 0.6 is 24.0 Å². The van der Waals surface area contributed by atoms with Crippen LogP contribution in [0.2, 0.25) is 0 Å². The van der Waals surface area contributed by atoms with Gasteiger partial charge in [0.1, 0.15) is 5.75 Å². The second-order valence-electron chi connectivity index (χ2n) is 5.72. The molecule has 0 saturated carbocycles. The van der Waals surface area contributed by atoms with Gasteiger partial charge in [0, 0.05) is 32.3 Å². The number of hydrogen-bond acceptors (Lipinski definition) is 3. The van der Waals surface area contributed by atoms with Gasteiger partial charge in [0.15, 0.2) is 5.96 Å². The van der Waals surface area contributed by atoms with Crippen LogP contribution < -0.4 is 15.4 Å². The molecule has 1 unspecified atom stereocenters. The van der Waals surface area contributed by atoms with E-state index in [1.54, 1.807) is 7.05 Å². The van der Waals surface area contributed by atoms with E-state index >= 15 is 0 Å². The SMILES string of the molecule is CCOc1ccccc1CNC(=NC)NCC1(C)CCCO1.I. The van der Waals surface area contributed by atoms with Crippen molar-refractivity contribution in [3.05, 3.63) is 29.8 Å². The Morgan fingerprint density at radius 3 is 2.78 bits per heavy atom. The maximum atomic E-state index is 5.78. The minimum Gasteiger partial charge on any atom is -0.494 e. The van der Waals surface area contributed by atoms with E-state index < -0.39 is 0 Å². The van der Waals surface area contributed by atoms with Crippen molar-refractivity contribution in [2.75, 3.05) is 26.8 Å². The molecule has 6 heteroatoms. The van der Waals surface area contributed by atoms with Crippen molar-refractivity contribution in [3.63, 3.8) is 0 Å². The van der Waals surface area contributed by atoms with Crippen LogP contribution in [0, 0.1) is 0 Å². The summed E-state index contributed by atoms with van der Waals surface area (Å²) in [4.78, 5) is 4.27. The zero-order valence-corrected chi connectivity index (χ0v) is 16.6. The first kappa shape index (κ1) is 20.0. The Morgan fingerprint density at radius 2 is 2.13 bits per heavy atom. The van der Waals surface area contributed by atoms with Gasteiger partial charge in [0.2, 0.25) is 0 Å². The summed E-state index contributed by atoms with van der Waals surface area (Å²) in [5.74, 6) is 1.70. The number of hydrogen-bond donors (Lipinski definition) is 2. The fourth-order valence-corrected chi connectivity index (χ4v) is 2.59. The number of ether oxygens (including phenoxy) is 2. The second kappa shape index (κ2) is 9.97. The van der Waals surface area contributed by atoms with Crippen LogP contribution in [-0.2, 0) is 11.3 Å². The van der Waals surface area contributed by atoms with Gasteiger partial charge in [-0.1, -0.05) is 18.2 Å². The van der Waals surface area contributed by atoms with E-state index in [-0.39, 0.29) is 29.6 Å². The Hall–Kier alpha value is -1.02. The number of aliphatic imine (C=N–C) groups is 1. The lowest BCUT2D eigenvalue weighted by Crippen LogP contribution is -2.45. The van der Waals surface area contributed by atoms with Gasteiger partial charge in [0.25, 0.3) is 0 Å². The van der Waals surface area contributed by atoms with Crippen molar-refractivity contribution in [1.82, 2.24) is 10.6 Å². The van der Waals surface area contributed by atoms with Gasteiger partial charge in [-0.25, -0.2) is 0 Å². The first-order chi connectivity index (χ1) is 10.7. The monoisotopic (exact) mass is 433 g/mol. The largest absolute Gasteiger partial charge is 0.494 e. The lowest BCUT2D eigenvalue weighted by molar-refractivity contribution is 0.0243. The van der Waals surface area contributed by atoms with E-state index in [0.29, 0.717) is 13.2 Å². The average Bonchev–Trinajstić information content (AvgIpc) is 2.96. The van der Waals surface area contributed by atoms with Crippen molar-refractivity contribution in [2.45, 2.75) is 38.8 Å². The molecule has 0 aromatic heterocycles. The van der Waals surface area contributed by atoms with Crippen molar-refractivity contribution < 1.29 is 9.47 Å². The molecule has 0 amide bonds. The van der Waals surface area contributed by atoms with Crippen molar-refractivity contribution in [1.29, 1.82) is 0 Å². The molecular weight excluding hydrogens is 405 g/mol. The zero-order chi connectivity index (χ0) is 15.8. The van der Waals surface area contributed by atoms with E-state index in [2.05, 4.69) is 28.6 Å². The van der Waals surface area contributed by atoms with E-state index in [1.165, 1.54) is 0 Å². The van der Waals surface area contributed by atoms with Gasteiger partial charge in [-0.15, -0.1) is 24.0 Å². The first-order valence-electron chi connectivity index (χ1n) is 7.96. The van der Waals surface area contributed by atoms with Crippen LogP contribution in [0.15, 0.2) is 29.3 Å². The Labute approximate surface area is 156 Å². The zero-order valence-electron chi connectivity index (χ0n) is 14.2. The summed E-state index contributed by atoms with van der Waals surface area (Å²) in [5, 5.41) is 6.68. The van der Waals surface area contributed by atoms with Gasteiger partial charge < -0.3 is 20.1 Å². The highest BCUT2D eigenvalue weighted by Crippen LogP contribution is 2.23. The molecule has 1 aromatic rings. The minimum absolute atomic E-state index is 0. The second-order valence-corrected chi connectivity index (χ2v) is 5.72. The highest BCUT2D eigenvalue weighted by atomic mass is 127. The predicted octanol–water partition coefficient (Wildman–Crippen LogP) is 2.94. The fraction of sp³-hybridized carbons (Fsp3) is 0.588. The third-order valence-corrected chi connectivity index (χ3v) is 3.87. The summed E-state index contributed by atoms with van der Waals surface area (Å²) in [6.07, 6.45) is 2.22. The standard InChI is InChI=1S/C17H27N3O2.HI/c1-4-21-15-9-6-5-8-14(15)12-19-16(18-3)20-13-17(2)10-7-11-22-17;/h5-6,8-9H,4,7,10-13H2,1-3H3,(H2,18,19,20);1H. The fourth-order valence-electron chi connectivity index (χ4n) is 2.59. The van der Waals surface area contributed by atoms with E-state index in [4.69, 9.17) is 9.47 Å². The van der Waals surface area contributed by atoms with Crippen LogP contribution in [0.4, 0.5) is 0 Å². The van der Waals surface area contributed by atoms with E-state index in [0.717, 1.165) is 43.3 Å². The summed E-state index contributed by atoms with van der Waals surface area (Å²) in [6, 6.07) is 8.06. The number of benzene rings is 1. The Kier molecular flexibility index (Phi) is 8.68. The predicted molar refractivity (Wildman–Crippen MR) is 105 cm³/mol. The molecule has 23 heavy (non-hydrogen) atoms. The Morgan fingerprint density at radius 1 is 1.35 bits per heavy atom. The number of nitrogens with one attached hydrogen (secondary N) is 2. The molecule has 1 atom stereocenters. The molecule has 1 aliphatic heterocycles. The number of halogens is 1. The van der Waals surface area contributed by atoms with Crippen LogP contribution in [0.1, 0.15) is 32.3 Å². The van der Waals surface area contributed by atoms with E-state index in [1.807, 2.05) is 25.1 Å². The Bertz CT molecular complexity index is 502. The van der Waals surface area contributed by atoms with Crippen LogP contribution in [0.3, 0.4) is 0 Å². The topological polar surface area (TPSA) is 54.9 Å². The number of para-hydroxylation sites is 1. The minimum atomic E-state index is -0.0825. The number of nitrogens with zero attached hydrogens (tertiary/aromatic N) is 1. The molecule has 0 aliphatic carbocycles. The molecule has 0 bridgehead atoms. The molecule has 2 N–H and O–H groups in total. The average molecular weight is 433 g/mol. The summed E-state index contributed by atoms with van der Waals surface area (Å²) >= 11 is 0. The lowest BCUT2D eigenvalue weighted by atomic mass is 10.0. The molecule has 5 nitrogen and oxygen atoms in total. The number of guanidine groups is 1. The molecule has 1 aliphatic rings. The third-order valence-electron chi connectivity index (χ3n) is 3.87.